The first-order valence-electron chi connectivity index (χ1n) is 12.6. The minimum atomic E-state index is -3.53. The lowest BCUT2D eigenvalue weighted by atomic mass is 10.0. The number of sulfonamides is 1. The topological polar surface area (TPSA) is 69.6 Å². The molecule has 5 rings (SSSR count). The Morgan fingerprint density at radius 1 is 0.771 bits per heavy atom. The van der Waals surface area contributed by atoms with Crippen LogP contribution in [0.3, 0.4) is 0 Å². The number of benzene rings is 2. The molecular formula is C27H33N5O2S. The van der Waals surface area contributed by atoms with Gasteiger partial charge in [0.15, 0.2) is 11.6 Å². The second-order valence-corrected chi connectivity index (χ2v) is 11.2. The van der Waals surface area contributed by atoms with Crippen LogP contribution in [-0.2, 0) is 10.0 Å². The van der Waals surface area contributed by atoms with Crippen LogP contribution in [0.5, 0.6) is 0 Å². The van der Waals surface area contributed by atoms with Crippen LogP contribution in [0.1, 0.15) is 32.6 Å². The van der Waals surface area contributed by atoms with E-state index < -0.39 is 10.0 Å². The molecule has 2 aliphatic heterocycles. The normalized spacial score (nSPS) is 19.6. The van der Waals surface area contributed by atoms with E-state index in [4.69, 9.17) is 0 Å². The van der Waals surface area contributed by atoms with E-state index in [1.165, 1.54) is 19.3 Å². The van der Waals surface area contributed by atoms with Crippen LogP contribution < -0.4 is 9.80 Å². The summed E-state index contributed by atoms with van der Waals surface area (Å²) in [6.45, 7) is 5.31. The summed E-state index contributed by atoms with van der Waals surface area (Å²) < 4.78 is 28.0. The largest absolute Gasteiger partial charge is 0.352 e. The molecule has 0 spiro atoms. The van der Waals surface area contributed by atoms with Gasteiger partial charge in [0.1, 0.15) is 0 Å². The molecule has 0 aliphatic carbocycles. The van der Waals surface area contributed by atoms with Crippen LogP contribution in [0, 0.1) is 0 Å². The summed E-state index contributed by atoms with van der Waals surface area (Å²) in [6.07, 6.45) is 4.82. The van der Waals surface area contributed by atoms with Gasteiger partial charge in [-0.15, -0.1) is 10.2 Å². The zero-order chi connectivity index (χ0) is 24.3. The standard InChI is InChI=1S/C27H33N5O2S/c1-2-24-10-6-7-17-32(24)27-16-15-26(28-29-27)30-18-20-31(21-19-30)35(33,34)25-13-11-23(12-14-25)22-8-4-3-5-9-22/h3-5,8-9,11-16,24H,2,6-7,10,17-21H2,1H3. The van der Waals surface area contributed by atoms with Gasteiger partial charge in [-0.2, -0.15) is 4.31 Å². The summed E-state index contributed by atoms with van der Waals surface area (Å²) in [5, 5.41) is 9.02. The predicted molar refractivity (Wildman–Crippen MR) is 140 cm³/mol. The highest BCUT2D eigenvalue weighted by Gasteiger charge is 2.29. The quantitative estimate of drug-likeness (QED) is 0.508. The maximum atomic E-state index is 13.2. The molecule has 184 valence electrons. The molecule has 2 aliphatic rings. The number of aromatic nitrogens is 2. The molecule has 8 heteroatoms. The summed E-state index contributed by atoms with van der Waals surface area (Å²) >= 11 is 0. The van der Waals surface area contributed by atoms with Crippen LogP contribution >= 0.6 is 0 Å². The maximum Gasteiger partial charge on any atom is 0.243 e. The summed E-state index contributed by atoms with van der Waals surface area (Å²) in [6, 6.07) is 21.8. The van der Waals surface area contributed by atoms with Crippen molar-refractivity contribution < 1.29 is 8.42 Å². The molecule has 0 saturated carbocycles. The maximum absolute atomic E-state index is 13.2. The SMILES string of the molecule is CCC1CCCCN1c1ccc(N2CCN(S(=O)(=O)c3ccc(-c4ccccc4)cc3)CC2)nn1. The first-order chi connectivity index (χ1) is 17.1. The molecule has 1 atom stereocenters. The van der Waals surface area contributed by atoms with Crippen LogP contribution in [0.4, 0.5) is 11.6 Å². The molecular weight excluding hydrogens is 458 g/mol. The lowest BCUT2D eigenvalue weighted by Gasteiger charge is -2.36. The Hall–Kier alpha value is -2.97. The molecule has 0 bridgehead atoms. The van der Waals surface area contributed by atoms with Crippen molar-refractivity contribution in [3.8, 4) is 11.1 Å². The Bertz CT molecular complexity index is 1210. The van der Waals surface area contributed by atoms with E-state index in [0.717, 1.165) is 35.7 Å². The highest BCUT2D eigenvalue weighted by molar-refractivity contribution is 7.89. The second kappa shape index (κ2) is 10.3. The van der Waals surface area contributed by atoms with Gasteiger partial charge in [-0.05, 0) is 61.1 Å². The van der Waals surface area contributed by atoms with Crippen molar-refractivity contribution in [2.24, 2.45) is 0 Å². The third kappa shape index (κ3) is 5.04. The molecule has 2 aromatic carbocycles. The number of piperazine rings is 1. The molecule has 3 aromatic rings. The average molecular weight is 492 g/mol. The smallest absolute Gasteiger partial charge is 0.243 e. The van der Waals surface area contributed by atoms with E-state index in [1.807, 2.05) is 48.5 Å². The van der Waals surface area contributed by atoms with E-state index in [-0.39, 0.29) is 0 Å². The fourth-order valence-electron chi connectivity index (χ4n) is 5.12. The molecule has 0 amide bonds. The number of hydrogen-bond acceptors (Lipinski definition) is 6. The van der Waals surface area contributed by atoms with Gasteiger partial charge >= 0.3 is 0 Å². The Kier molecular flexibility index (Phi) is 7.02. The minimum Gasteiger partial charge on any atom is -0.352 e. The summed E-state index contributed by atoms with van der Waals surface area (Å²) in [5.74, 6) is 1.75. The van der Waals surface area contributed by atoms with Gasteiger partial charge in [-0.25, -0.2) is 8.42 Å². The van der Waals surface area contributed by atoms with Crippen LogP contribution in [0.15, 0.2) is 71.6 Å². The molecule has 1 aromatic heterocycles. The van der Waals surface area contributed by atoms with Crippen molar-refractivity contribution in [3.63, 3.8) is 0 Å². The van der Waals surface area contributed by atoms with E-state index in [1.54, 1.807) is 16.4 Å². The van der Waals surface area contributed by atoms with E-state index in [9.17, 15) is 8.42 Å². The lowest BCUT2D eigenvalue weighted by molar-refractivity contribution is 0.383. The van der Waals surface area contributed by atoms with E-state index in [0.29, 0.717) is 37.1 Å². The second-order valence-electron chi connectivity index (χ2n) is 9.28. The molecule has 3 heterocycles. The van der Waals surface area contributed by atoms with Crippen molar-refractivity contribution in [1.82, 2.24) is 14.5 Å². The molecule has 7 nitrogen and oxygen atoms in total. The zero-order valence-corrected chi connectivity index (χ0v) is 21.1. The van der Waals surface area contributed by atoms with Gasteiger partial charge in [-0.1, -0.05) is 49.4 Å². The van der Waals surface area contributed by atoms with E-state index in [2.05, 4.69) is 33.0 Å². The highest BCUT2D eigenvalue weighted by Crippen LogP contribution is 2.27. The van der Waals surface area contributed by atoms with Crippen molar-refractivity contribution in [2.45, 2.75) is 43.5 Å². The highest BCUT2D eigenvalue weighted by atomic mass is 32.2. The molecule has 2 fully saturated rings. The predicted octanol–water partition coefficient (Wildman–Crippen LogP) is 4.42. The van der Waals surface area contributed by atoms with Gasteiger partial charge in [-0.3, -0.25) is 0 Å². The zero-order valence-electron chi connectivity index (χ0n) is 20.3. The third-order valence-electron chi connectivity index (χ3n) is 7.19. The third-order valence-corrected chi connectivity index (χ3v) is 9.10. The van der Waals surface area contributed by atoms with Gasteiger partial charge < -0.3 is 9.80 Å². The fraction of sp³-hybridized carbons (Fsp3) is 0.407. The number of piperidine rings is 1. The minimum absolute atomic E-state index is 0.335. The van der Waals surface area contributed by atoms with Gasteiger partial charge in [0.05, 0.1) is 4.90 Å². The molecule has 1 unspecified atom stereocenters. The number of rotatable bonds is 6. The Labute approximate surface area is 208 Å². The summed E-state index contributed by atoms with van der Waals surface area (Å²) in [5.41, 5.74) is 2.08. The first-order valence-corrected chi connectivity index (χ1v) is 14.0. The average Bonchev–Trinajstić information content (AvgIpc) is 2.94. The van der Waals surface area contributed by atoms with Gasteiger partial charge in [0.2, 0.25) is 10.0 Å². The number of nitrogens with zero attached hydrogens (tertiary/aromatic N) is 5. The molecule has 2 saturated heterocycles. The summed E-state index contributed by atoms with van der Waals surface area (Å²) in [7, 11) is -3.53. The van der Waals surface area contributed by atoms with Crippen molar-refractivity contribution in [3.05, 3.63) is 66.7 Å². The van der Waals surface area contributed by atoms with Crippen molar-refractivity contribution in [1.29, 1.82) is 0 Å². The Morgan fingerprint density at radius 2 is 1.43 bits per heavy atom. The van der Waals surface area contributed by atoms with Crippen LogP contribution in [-0.4, -0.2) is 61.7 Å². The number of hydrogen-bond donors (Lipinski definition) is 0. The van der Waals surface area contributed by atoms with Crippen molar-refractivity contribution in [2.75, 3.05) is 42.5 Å². The Morgan fingerprint density at radius 3 is 2.09 bits per heavy atom. The number of anilines is 2. The van der Waals surface area contributed by atoms with Gasteiger partial charge in [0, 0.05) is 38.8 Å². The molecule has 35 heavy (non-hydrogen) atoms. The van der Waals surface area contributed by atoms with Crippen LogP contribution in [0.2, 0.25) is 0 Å². The van der Waals surface area contributed by atoms with E-state index >= 15 is 0 Å². The molecule has 0 N–H and O–H groups in total. The summed E-state index contributed by atoms with van der Waals surface area (Å²) in [4.78, 5) is 4.84. The first kappa shape index (κ1) is 23.8. The fourth-order valence-corrected chi connectivity index (χ4v) is 6.55. The van der Waals surface area contributed by atoms with Gasteiger partial charge in [0.25, 0.3) is 0 Å². The lowest BCUT2D eigenvalue weighted by Crippen LogP contribution is -2.49. The van der Waals surface area contributed by atoms with Crippen molar-refractivity contribution >= 4 is 21.7 Å². The van der Waals surface area contributed by atoms with Crippen LogP contribution in [0.25, 0.3) is 11.1 Å². The molecule has 0 radical (unpaired) electrons. The Balaban J connectivity index is 1.22. The monoisotopic (exact) mass is 491 g/mol.